The first-order chi connectivity index (χ1) is 12.4. The van der Waals surface area contributed by atoms with Crippen LogP contribution < -0.4 is 0 Å². The van der Waals surface area contributed by atoms with E-state index in [1.807, 2.05) is 6.08 Å². The van der Waals surface area contributed by atoms with Crippen molar-refractivity contribution in [1.29, 1.82) is 0 Å². The molecule has 4 aliphatic carbocycles. The molecule has 26 heavy (non-hydrogen) atoms. The minimum Gasteiger partial charge on any atom is -0.389 e. The van der Waals surface area contributed by atoms with E-state index in [-0.39, 0.29) is 34.9 Å². The highest BCUT2D eigenvalue weighted by molar-refractivity contribution is 5.91. The SMILES string of the molecule is C[C@]12CCC(=O)C=C1CCC1C3CC[C@H](C(=O)CO)[C@@]34C[C@H](OC4O)C12. The number of ether oxygens (including phenoxy) is 1. The van der Waals surface area contributed by atoms with E-state index in [9.17, 15) is 19.8 Å². The molecule has 5 nitrogen and oxygen atoms in total. The summed E-state index contributed by atoms with van der Waals surface area (Å²) in [6.07, 6.45) is 6.72. The average Bonchev–Trinajstić information content (AvgIpc) is 3.14. The monoisotopic (exact) mass is 360 g/mol. The van der Waals surface area contributed by atoms with Crippen LogP contribution in [0.15, 0.2) is 11.6 Å². The first kappa shape index (κ1) is 17.1. The van der Waals surface area contributed by atoms with Gasteiger partial charge in [0.1, 0.15) is 6.61 Å². The zero-order valence-electron chi connectivity index (χ0n) is 15.3. The summed E-state index contributed by atoms with van der Waals surface area (Å²) in [6.45, 7) is 1.84. The average molecular weight is 360 g/mol. The number of allylic oxidation sites excluding steroid dienone is 1. The molecule has 2 bridgehead atoms. The third kappa shape index (κ3) is 1.92. The lowest BCUT2D eigenvalue weighted by molar-refractivity contribution is -0.160. The Balaban J connectivity index is 1.57. The number of Topliss-reactive ketones (excluding diaryl/α,β-unsaturated/α-hetero) is 1. The van der Waals surface area contributed by atoms with Crippen molar-refractivity contribution in [3.05, 3.63) is 11.6 Å². The maximum absolute atomic E-state index is 12.4. The van der Waals surface area contributed by atoms with E-state index in [1.165, 1.54) is 5.57 Å². The summed E-state index contributed by atoms with van der Waals surface area (Å²) in [5, 5.41) is 20.4. The van der Waals surface area contributed by atoms with Crippen molar-refractivity contribution < 1.29 is 24.5 Å². The Kier molecular flexibility index (Phi) is 3.61. The highest BCUT2D eigenvalue weighted by Crippen LogP contribution is 2.71. The summed E-state index contributed by atoms with van der Waals surface area (Å²) in [4.78, 5) is 24.4. The number of rotatable bonds is 2. The van der Waals surface area contributed by atoms with Crippen LogP contribution in [0.5, 0.6) is 0 Å². The normalized spacial score (nSPS) is 52.1. The van der Waals surface area contributed by atoms with Gasteiger partial charge in [-0.3, -0.25) is 9.59 Å². The fourth-order valence-corrected chi connectivity index (χ4v) is 7.80. The zero-order valence-corrected chi connectivity index (χ0v) is 15.3. The van der Waals surface area contributed by atoms with E-state index in [2.05, 4.69) is 6.92 Å². The molecule has 0 aromatic carbocycles. The van der Waals surface area contributed by atoms with Gasteiger partial charge in [0.15, 0.2) is 17.9 Å². The fraction of sp³-hybridized carbons (Fsp3) is 0.810. The molecule has 0 aromatic heterocycles. The number of hydrogen-bond acceptors (Lipinski definition) is 5. The summed E-state index contributed by atoms with van der Waals surface area (Å²) in [6, 6.07) is 0. The number of carbonyl (C=O) groups is 2. The number of carbonyl (C=O) groups excluding carboxylic acids is 2. The van der Waals surface area contributed by atoms with Gasteiger partial charge in [-0.1, -0.05) is 12.5 Å². The predicted molar refractivity (Wildman–Crippen MR) is 92.9 cm³/mol. The molecule has 5 aliphatic rings. The molecule has 1 spiro atoms. The number of ketones is 2. The van der Waals surface area contributed by atoms with Gasteiger partial charge in [-0.2, -0.15) is 0 Å². The summed E-state index contributed by atoms with van der Waals surface area (Å²) < 4.78 is 6.13. The topological polar surface area (TPSA) is 83.8 Å². The lowest BCUT2D eigenvalue weighted by atomic mass is 9.46. The molecule has 1 heterocycles. The maximum Gasteiger partial charge on any atom is 0.162 e. The van der Waals surface area contributed by atoms with E-state index in [0.29, 0.717) is 24.7 Å². The summed E-state index contributed by atoms with van der Waals surface area (Å²) in [5.74, 6) is 0.837. The summed E-state index contributed by atoms with van der Waals surface area (Å²) in [7, 11) is 0. The second-order valence-electron chi connectivity index (χ2n) is 9.49. The van der Waals surface area contributed by atoms with Gasteiger partial charge in [-0.05, 0) is 67.8 Å². The maximum atomic E-state index is 12.4. The van der Waals surface area contributed by atoms with Gasteiger partial charge >= 0.3 is 0 Å². The molecule has 4 unspecified atom stereocenters. The van der Waals surface area contributed by atoms with Crippen molar-refractivity contribution >= 4 is 11.6 Å². The highest BCUT2D eigenvalue weighted by atomic mass is 16.6. The quantitative estimate of drug-likeness (QED) is 0.787. The number of fused-ring (bicyclic) bond motifs is 6. The molecule has 4 fully saturated rings. The van der Waals surface area contributed by atoms with Gasteiger partial charge in [0.25, 0.3) is 0 Å². The Morgan fingerprint density at radius 2 is 2.12 bits per heavy atom. The smallest absolute Gasteiger partial charge is 0.162 e. The van der Waals surface area contributed by atoms with E-state index < -0.39 is 18.3 Å². The fourth-order valence-electron chi connectivity index (χ4n) is 7.80. The van der Waals surface area contributed by atoms with Crippen LogP contribution >= 0.6 is 0 Å². The van der Waals surface area contributed by atoms with Crippen LogP contribution in [0.1, 0.15) is 51.9 Å². The lowest BCUT2D eigenvalue weighted by Crippen LogP contribution is -2.55. The van der Waals surface area contributed by atoms with Crippen LogP contribution in [-0.2, 0) is 14.3 Å². The van der Waals surface area contributed by atoms with Crippen molar-refractivity contribution in [2.75, 3.05) is 6.61 Å². The molecule has 0 aromatic rings. The highest BCUT2D eigenvalue weighted by Gasteiger charge is 2.71. The standard InChI is InChI=1S/C21H28O5/c1-20-7-6-12(23)8-11(20)2-3-13-14-4-5-15(16(24)10-22)21(14)9-17(18(13)20)26-19(21)25/h8,13-15,17-19,22,25H,2-7,9-10H2,1H3/t13?,14?,15-,17+,18?,19?,20+,21-/m1/s1. The molecule has 8 atom stereocenters. The Morgan fingerprint density at radius 3 is 2.88 bits per heavy atom. The Morgan fingerprint density at radius 1 is 1.31 bits per heavy atom. The molecule has 3 saturated carbocycles. The van der Waals surface area contributed by atoms with Gasteiger partial charge in [0.2, 0.25) is 0 Å². The number of aliphatic hydroxyl groups is 2. The van der Waals surface area contributed by atoms with E-state index in [0.717, 1.165) is 32.1 Å². The van der Waals surface area contributed by atoms with Gasteiger partial charge in [-0.25, -0.2) is 0 Å². The largest absolute Gasteiger partial charge is 0.389 e. The molecule has 2 N–H and O–H groups in total. The second-order valence-corrected chi connectivity index (χ2v) is 9.49. The molecule has 5 heteroatoms. The van der Waals surface area contributed by atoms with Crippen molar-refractivity contribution in [2.24, 2.45) is 34.5 Å². The first-order valence-corrected chi connectivity index (χ1v) is 10.1. The molecule has 142 valence electrons. The van der Waals surface area contributed by atoms with Crippen molar-refractivity contribution in [3.8, 4) is 0 Å². The Labute approximate surface area is 153 Å². The van der Waals surface area contributed by atoms with Crippen molar-refractivity contribution in [3.63, 3.8) is 0 Å². The van der Waals surface area contributed by atoms with Crippen LogP contribution in [0.25, 0.3) is 0 Å². The molecule has 5 rings (SSSR count). The van der Waals surface area contributed by atoms with Crippen LogP contribution in [0, 0.1) is 34.5 Å². The van der Waals surface area contributed by atoms with Crippen molar-refractivity contribution in [1.82, 2.24) is 0 Å². The van der Waals surface area contributed by atoms with Crippen LogP contribution in [0.2, 0.25) is 0 Å². The molecule has 0 radical (unpaired) electrons. The predicted octanol–water partition coefficient (Wildman–Crippen LogP) is 2.00. The van der Waals surface area contributed by atoms with Gasteiger partial charge in [-0.15, -0.1) is 0 Å². The first-order valence-electron chi connectivity index (χ1n) is 10.1. The Hall–Kier alpha value is -1.04. The van der Waals surface area contributed by atoms with Gasteiger partial charge in [0, 0.05) is 17.8 Å². The summed E-state index contributed by atoms with van der Waals surface area (Å²) in [5.41, 5.74) is 0.735. The van der Waals surface area contributed by atoms with Crippen molar-refractivity contribution in [2.45, 2.75) is 64.3 Å². The van der Waals surface area contributed by atoms with Crippen LogP contribution in [-0.4, -0.2) is 40.8 Å². The van der Waals surface area contributed by atoms with Gasteiger partial charge in [0.05, 0.1) is 6.10 Å². The Bertz CT molecular complexity index is 699. The van der Waals surface area contributed by atoms with E-state index >= 15 is 0 Å². The minimum atomic E-state index is -0.910. The third-order valence-electron chi connectivity index (χ3n) is 8.79. The summed E-state index contributed by atoms with van der Waals surface area (Å²) >= 11 is 0. The third-order valence-corrected chi connectivity index (χ3v) is 8.79. The molecular weight excluding hydrogens is 332 g/mol. The molecule has 0 amide bonds. The number of aliphatic hydroxyl groups excluding tert-OH is 2. The minimum absolute atomic E-state index is 0.0310. The van der Waals surface area contributed by atoms with Gasteiger partial charge < -0.3 is 14.9 Å². The second kappa shape index (κ2) is 5.49. The van der Waals surface area contributed by atoms with E-state index in [4.69, 9.17) is 4.74 Å². The van der Waals surface area contributed by atoms with Crippen LogP contribution in [0.3, 0.4) is 0 Å². The van der Waals surface area contributed by atoms with Crippen LogP contribution in [0.4, 0.5) is 0 Å². The number of hydrogen-bond donors (Lipinski definition) is 2. The molecule has 1 saturated heterocycles. The van der Waals surface area contributed by atoms with E-state index in [1.54, 1.807) is 0 Å². The molecular formula is C21H28O5. The molecule has 1 aliphatic heterocycles. The zero-order chi connectivity index (χ0) is 18.3. The lowest BCUT2D eigenvalue weighted by Gasteiger charge is -2.57.